The molecule has 78 valence electrons. The molecule has 1 aliphatic heterocycles. The van der Waals surface area contributed by atoms with Gasteiger partial charge in [0.15, 0.2) is 6.61 Å². The van der Waals surface area contributed by atoms with Gasteiger partial charge in [-0.2, -0.15) is 0 Å². The van der Waals surface area contributed by atoms with Crippen LogP contribution in [0.5, 0.6) is 0 Å². The van der Waals surface area contributed by atoms with E-state index in [9.17, 15) is 9.59 Å². The zero-order chi connectivity index (χ0) is 10.6. The monoisotopic (exact) mass is 198 g/mol. The summed E-state index contributed by atoms with van der Waals surface area (Å²) < 4.78 is 9.89. The molecule has 0 saturated carbocycles. The number of esters is 1. The first kappa shape index (κ1) is 10.8. The van der Waals surface area contributed by atoms with E-state index < -0.39 is 5.97 Å². The van der Waals surface area contributed by atoms with Gasteiger partial charge in [-0.15, -0.1) is 0 Å². The van der Waals surface area contributed by atoms with Crippen molar-refractivity contribution in [2.45, 2.75) is 26.7 Å². The van der Waals surface area contributed by atoms with E-state index >= 15 is 0 Å². The van der Waals surface area contributed by atoms with Gasteiger partial charge in [0.2, 0.25) is 5.78 Å². The molecule has 0 spiro atoms. The standard InChI is InChI=1S/C10H14O4/c1-3-5-8-9(7(11)6-14-8)10(12)13-4-2/h3-6H2,1-2H3. The van der Waals surface area contributed by atoms with E-state index in [-0.39, 0.29) is 24.6 Å². The van der Waals surface area contributed by atoms with Crippen molar-refractivity contribution < 1.29 is 19.1 Å². The molecule has 14 heavy (non-hydrogen) atoms. The highest BCUT2D eigenvalue weighted by molar-refractivity contribution is 6.19. The first-order valence-electron chi connectivity index (χ1n) is 4.77. The van der Waals surface area contributed by atoms with Crippen LogP contribution >= 0.6 is 0 Å². The second-order valence-corrected chi connectivity index (χ2v) is 2.98. The number of rotatable bonds is 4. The van der Waals surface area contributed by atoms with Gasteiger partial charge in [-0.3, -0.25) is 4.79 Å². The predicted molar refractivity (Wildman–Crippen MR) is 49.5 cm³/mol. The summed E-state index contributed by atoms with van der Waals surface area (Å²) in [5.74, 6) is -0.346. The minimum Gasteiger partial charge on any atom is -0.489 e. The summed E-state index contributed by atoms with van der Waals surface area (Å²) in [6, 6.07) is 0. The molecular weight excluding hydrogens is 184 g/mol. The van der Waals surface area contributed by atoms with Crippen molar-refractivity contribution in [3.8, 4) is 0 Å². The lowest BCUT2D eigenvalue weighted by molar-refractivity contribution is -0.139. The first-order chi connectivity index (χ1) is 6.70. The van der Waals surface area contributed by atoms with Gasteiger partial charge in [0, 0.05) is 6.42 Å². The van der Waals surface area contributed by atoms with Crippen LogP contribution in [-0.2, 0) is 19.1 Å². The molecule has 0 aromatic carbocycles. The number of carbonyl (C=O) groups excluding carboxylic acids is 2. The average molecular weight is 198 g/mol. The third kappa shape index (κ3) is 2.13. The van der Waals surface area contributed by atoms with Crippen molar-refractivity contribution in [1.29, 1.82) is 0 Å². The molecule has 0 unspecified atom stereocenters. The fraction of sp³-hybridized carbons (Fsp3) is 0.600. The Kier molecular flexibility index (Phi) is 3.68. The van der Waals surface area contributed by atoms with Gasteiger partial charge in [-0.25, -0.2) is 4.79 Å². The Morgan fingerprint density at radius 2 is 2.21 bits per heavy atom. The second kappa shape index (κ2) is 4.79. The first-order valence-corrected chi connectivity index (χ1v) is 4.77. The smallest absolute Gasteiger partial charge is 0.345 e. The third-order valence-electron chi connectivity index (χ3n) is 1.89. The van der Waals surface area contributed by atoms with Crippen molar-refractivity contribution in [3.05, 3.63) is 11.3 Å². The zero-order valence-electron chi connectivity index (χ0n) is 8.46. The van der Waals surface area contributed by atoms with E-state index in [0.717, 1.165) is 6.42 Å². The van der Waals surface area contributed by atoms with Gasteiger partial charge in [0.25, 0.3) is 0 Å². The molecule has 0 aromatic heterocycles. The van der Waals surface area contributed by atoms with Crippen LogP contribution in [0.3, 0.4) is 0 Å². The topological polar surface area (TPSA) is 52.6 Å². The molecule has 1 heterocycles. The lowest BCUT2D eigenvalue weighted by Crippen LogP contribution is -2.14. The fourth-order valence-electron chi connectivity index (χ4n) is 1.31. The Hall–Kier alpha value is -1.32. The quantitative estimate of drug-likeness (QED) is 0.503. The minimum atomic E-state index is -0.557. The van der Waals surface area contributed by atoms with Crippen molar-refractivity contribution in [2.24, 2.45) is 0 Å². The van der Waals surface area contributed by atoms with Crippen LogP contribution in [0, 0.1) is 0 Å². The van der Waals surface area contributed by atoms with Crippen LogP contribution < -0.4 is 0 Å². The maximum Gasteiger partial charge on any atom is 0.345 e. The summed E-state index contributed by atoms with van der Waals surface area (Å²) in [7, 11) is 0. The lowest BCUT2D eigenvalue weighted by atomic mass is 10.1. The minimum absolute atomic E-state index is 0.0243. The lowest BCUT2D eigenvalue weighted by Gasteiger charge is -2.03. The molecule has 0 aromatic rings. The summed E-state index contributed by atoms with van der Waals surface area (Å²) in [5, 5.41) is 0. The molecule has 0 atom stereocenters. The Balaban J connectivity index is 2.82. The van der Waals surface area contributed by atoms with Crippen LogP contribution in [-0.4, -0.2) is 25.0 Å². The average Bonchev–Trinajstić information content (AvgIpc) is 2.48. The van der Waals surface area contributed by atoms with Crippen molar-refractivity contribution >= 4 is 11.8 Å². The molecule has 0 fully saturated rings. The molecular formula is C10H14O4. The number of hydrogen-bond donors (Lipinski definition) is 0. The van der Waals surface area contributed by atoms with E-state index in [4.69, 9.17) is 9.47 Å². The molecule has 0 N–H and O–H groups in total. The van der Waals surface area contributed by atoms with E-state index in [1.807, 2.05) is 6.92 Å². The fourth-order valence-corrected chi connectivity index (χ4v) is 1.31. The Bertz CT molecular complexity index is 278. The van der Waals surface area contributed by atoms with Crippen LogP contribution in [0.15, 0.2) is 11.3 Å². The maximum absolute atomic E-state index is 11.4. The number of carbonyl (C=O) groups is 2. The number of hydrogen-bond acceptors (Lipinski definition) is 4. The maximum atomic E-state index is 11.4. The normalized spacial score (nSPS) is 15.7. The summed E-state index contributed by atoms with van der Waals surface area (Å²) in [6.45, 7) is 3.92. The molecule has 4 heteroatoms. The van der Waals surface area contributed by atoms with E-state index in [2.05, 4.69) is 0 Å². The SMILES string of the molecule is CCCC1=C(C(=O)OCC)C(=O)CO1. The largest absolute Gasteiger partial charge is 0.489 e. The summed E-state index contributed by atoms with van der Waals surface area (Å²) in [5.41, 5.74) is 0.105. The highest BCUT2D eigenvalue weighted by Crippen LogP contribution is 2.21. The van der Waals surface area contributed by atoms with Crippen molar-refractivity contribution in [2.75, 3.05) is 13.2 Å². The van der Waals surface area contributed by atoms with Gasteiger partial charge in [-0.1, -0.05) is 6.92 Å². The van der Waals surface area contributed by atoms with Gasteiger partial charge < -0.3 is 9.47 Å². The van der Waals surface area contributed by atoms with Crippen molar-refractivity contribution in [3.63, 3.8) is 0 Å². The van der Waals surface area contributed by atoms with Gasteiger partial charge in [0.1, 0.15) is 11.3 Å². The molecule has 0 bridgehead atoms. The number of ether oxygens (including phenoxy) is 2. The van der Waals surface area contributed by atoms with E-state index in [0.29, 0.717) is 12.2 Å². The summed E-state index contributed by atoms with van der Waals surface area (Å²) >= 11 is 0. The molecule has 4 nitrogen and oxygen atoms in total. The Labute approximate surface area is 82.9 Å². The van der Waals surface area contributed by atoms with Crippen LogP contribution in [0.4, 0.5) is 0 Å². The van der Waals surface area contributed by atoms with Gasteiger partial charge >= 0.3 is 5.97 Å². The number of allylic oxidation sites excluding steroid dienone is 1. The van der Waals surface area contributed by atoms with E-state index in [1.165, 1.54) is 0 Å². The predicted octanol–water partition coefficient (Wildman–Crippen LogP) is 1.20. The molecule has 0 amide bonds. The molecule has 1 aliphatic rings. The van der Waals surface area contributed by atoms with Crippen LogP contribution in [0.2, 0.25) is 0 Å². The summed E-state index contributed by atoms with van der Waals surface area (Å²) in [6.07, 6.45) is 1.45. The second-order valence-electron chi connectivity index (χ2n) is 2.98. The third-order valence-corrected chi connectivity index (χ3v) is 1.89. The zero-order valence-corrected chi connectivity index (χ0v) is 8.46. The molecule has 1 rings (SSSR count). The summed E-state index contributed by atoms with van der Waals surface area (Å²) in [4.78, 5) is 22.7. The highest BCUT2D eigenvalue weighted by Gasteiger charge is 2.30. The number of ketones is 1. The Morgan fingerprint density at radius 3 is 2.79 bits per heavy atom. The van der Waals surface area contributed by atoms with Gasteiger partial charge in [0.05, 0.1) is 6.61 Å². The highest BCUT2D eigenvalue weighted by atomic mass is 16.5. The van der Waals surface area contributed by atoms with Crippen LogP contribution in [0.1, 0.15) is 26.7 Å². The Morgan fingerprint density at radius 1 is 1.50 bits per heavy atom. The molecule has 0 saturated heterocycles. The molecule has 0 aliphatic carbocycles. The van der Waals surface area contributed by atoms with E-state index in [1.54, 1.807) is 6.92 Å². The molecule has 0 radical (unpaired) electrons. The van der Waals surface area contributed by atoms with Crippen LogP contribution in [0.25, 0.3) is 0 Å². The van der Waals surface area contributed by atoms with Crippen molar-refractivity contribution in [1.82, 2.24) is 0 Å². The number of Topliss-reactive ketones (excluding diaryl/α,β-unsaturated/α-hetero) is 1. The van der Waals surface area contributed by atoms with Gasteiger partial charge in [-0.05, 0) is 13.3 Å².